The van der Waals surface area contributed by atoms with E-state index in [1.54, 1.807) is 12.1 Å². The summed E-state index contributed by atoms with van der Waals surface area (Å²) in [5.41, 5.74) is 3.67. The molecule has 1 saturated heterocycles. The van der Waals surface area contributed by atoms with Gasteiger partial charge in [0.25, 0.3) is 0 Å². The van der Waals surface area contributed by atoms with Crippen LogP contribution in [0, 0.1) is 41.7 Å². The molecule has 2 aromatic carbocycles. The number of rotatable bonds is 13. The average Bonchev–Trinajstić information content (AvgIpc) is 3.31. The van der Waals surface area contributed by atoms with Gasteiger partial charge in [-0.1, -0.05) is 38.7 Å². The number of ether oxygens (including phenoxy) is 3. The SMILES string of the molecule is Cc1cc(-c2cn(COCC[Si](C)(C)C)c3nccc(Oc4c(F)cc(CC(=O)CC(C)C5COC5)cc4F)c23)ccc1C#N. The second kappa shape index (κ2) is 13.6. The molecule has 10 heteroatoms. The Morgan fingerprint density at radius 3 is 2.53 bits per heavy atom. The zero-order valence-corrected chi connectivity index (χ0v) is 27.5. The van der Waals surface area contributed by atoms with E-state index in [0.717, 1.165) is 34.9 Å². The standard InChI is InChI=1S/C35H39F2N3O4Si/c1-22-12-25(6-7-26(22)17-38)29-18-40(21-42-10-11-45(3,4)5)35-33(29)32(8-9-39-35)44-34-30(36)15-24(16-31(34)37)14-28(41)13-23(2)27-19-43-20-27/h6-9,12,15-16,18,23,27H,10-11,13-14,19-21H2,1-5H3. The van der Waals surface area contributed by atoms with Crippen molar-refractivity contribution in [2.24, 2.45) is 11.8 Å². The highest BCUT2D eigenvalue weighted by atomic mass is 28.3. The molecule has 236 valence electrons. The second-order valence-corrected chi connectivity index (χ2v) is 18.8. The highest BCUT2D eigenvalue weighted by molar-refractivity contribution is 6.76. The molecule has 1 aliphatic heterocycles. The van der Waals surface area contributed by atoms with Crippen molar-refractivity contribution in [3.05, 3.63) is 77.1 Å². The van der Waals surface area contributed by atoms with Crippen molar-refractivity contribution in [2.45, 2.75) is 59.1 Å². The van der Waals surface area contributed by atoms with Crippen LogP contribution in [0.1, 0.15) is 30.0 Å². The molecule has 0 saturated carbocycles. The molecule has 7 nitrogen and oxygen atoms in total. The van der Waals surface area contributed by atoms with Crippen molar-refractivity contribution in [3.63, 3.8) is 0 Å². The minimum absolute atomic E-state index is 0.0612. The van der Waals surface area contributed by atoms with Gasteiger partial charge in [0.15, 0.2) is 17.4 Å². The molecule has 2 aromatic heterocycles. The van der Waals surface area contributed by atoms with Crippen LogP contribution in [0.5, 0.6) is 11.5 Å². The van der Waals surface area contributed by atoms with Crippen LogP contribution < -0.4 is 4.74 Å². The van der Waals surface area contributed by atoms with Gasteiger partial charge in [0, 0.05) is 51.4 Å². The van der Waals surface area contributed by atoms with Crippen molar-refractivity contribution in [1.29, 1.82) is 5.26 Å². The van der Waals surface area contributed by atoms with Crippen LogP contribution in [-0.4, -0.2) is 43.2 Å². The van der Waals surface area contributed by atoms with E-state index in [-0.39, 0.29) is 36.2 Å². The average molecular weight is 632 g/mol. The number of aromatic nitrogens is 2. The van der Waals surface area contributed by atoms with Crippen molar-refractivity contribution in [1.82, 2.24) is 9.55 Å². The number of aryl methyl sites for hydroxylation is 1. The molecular formula is C35H39F2N3O4Si. The van der Waals surface area contributed by atoms with E-state index in [9.17, 15) is 10.1 Å². The molecule has 5 rings (SSSR count). The quantitative estimate of drug-likeness (QED) is 0.110. The van der Waals surface area contributed by atoms with Gasteiger partial charge in [-0.2, -0.15) is 5.26 Å². The molecule has 1 atom stereocenters. The molecular weight excluding hydrogens is 592 g/mol. The van der Waals surface area contributed by atoms with Gasteiger partial charge in [-0.15, -0.1) is 0 Å². The number of Topliss-reactive ketones (excluding diaryl/α,β-unsaturated/α-hetero) is 1. The van der Waals surface area contributed by atoms with Crippen LogP contribution in [0.25, 0.3) is 22.2 Å². The molecule has 45 heavy (non-hydrogen) atoms. The maximum atomic E-state index is 15.4. The predicted molar refractivity (Wildman–Crippen MR) is 172 cm³/mol. The zero-order valence-electron chi connectivity index (χ0n) is 26.5. The summed E-state index contributed by atoms with van der Waals surface area (Å²) in [6, 6.07) is 12.6. The highest BCUT2D eigenvalue weighted by Gasteiger charge is 2.27. The second-order valence-electron chi connectivity index (χ2n) is 13.2. The molecule has 1 fully saturated rings. The Morgan fingerprint density at radius 2 is 1.91 bits per heavy atom. The minimum atomic E-state index is -1.29. The number of ketones is 1. The Labute approximate surface area is 263 Å². The third kappa shape index (κ3) is 7.67. The lowest BCUT2D eigenvalue weighted by atomic mass is 9.87. The van der Waals surface area contributed by atoms with Crippen LogP contribution in [0.2, 0.25) is 25.7 Å². The molecule has 0 amide bonds. The van der Waals surface area contributed by atoms with Crippen LogP contribution in [0.4, 0.5) is 8.78 Å². The summed E-state index contributed by atoms with van der Waals surface area (Å²) in [6.07, 6.45) is 3.69. The molecule has 1 aliphatic rings. The van der Waals surface area contributed by atoms with Gasteiger partial charge < -0.3 is 18.8 Å². The first-order valence-electron chi connectivity index (χ1n) is 15.3. The lowest BCUT2D eigenvalue weighted by Gasteiger charge is -2.31. The van der Waals surface area contributed by atoms with Crippen molar-refractivity contribution >= 4 is 24.9 Å². The molecule has 0 spiro atoms. The smallest absolute Gasteiger partial charge is 0.198 e. The Hall–Kier alpha value is -3.91. The molecule has 0 radical (unpaired) electrons. The summed E-state index contributed by atoms with van der Waals surface area (Å²) in [5.74, 6) is -1.70. The van der Waals surface area contributed by atoms with Gasteiger partial charge in [0.2, 0.25) is 0 Å². The van der Waals surface area contributed by atoms with Gasteiger partial charge in [-0.25, -0.2) is 13.8 Å². The summed E-state index contributed by atoms with van der Waals surface area (Å²) in [4.78, 5) is 17.2. The number of hydrogen-bond donors (Lipinski definition) is 0. The Morgan fingerprint density at radius 1 is 1.18 bits per heavy atom. The molecule has 0 aliphatic carbocycles. The van der Waals surface area contributed by atoms with Gasteiger partial charge >= 0.3 is 0 Å². The van der Waals surface area contributed by atoms with Crippen LogP contribution >= 0.6 is 0 Å². The maximum Gasteiger partial charge on any atom is 0.198 e. The van der Waals surface area contributed by atoms with Crippen molar-refractivity contribution in [2.75, 3.05) is 19.8 Å². The first-order valence-corrected chi connectivity index (χ1v) is 19.0. The zero-order chi connectivity index (χ0) is 32.3. The van der Waals surface area contributed by atoms with E-state index in [0.29, 0.717) is 48.8 Å². The van der Waals surface area contributed by atoms with E-state index in [1.807, 2.05) is 36.7 Å². The molecule has 1 unspecified atom stereocenters. The molecule has 4 aromatic rings. The molecule has 0 bridgehead atoms. The summed E-state index contributed by atoms with van der Waals surface area (Å²) in [6.45, 7) is 12.9. The fourth-order valence-electron chi connectivity index (χ4n) is 5.42. The first kappa shape index (κ1) is 32.5. The number of carbonyl (C=O) groups excluding carboxylic acids is 1. The summed E-state index contributed by atoms with van der Waals surface area (Å²) in [7, 11) is -1.29. The third-order valence-corrected chi connectivity index (χ3v) is 10.00. The van der Waals surface area contributed by atoms with E-state index in [1.165, 1.54) is 6.20 Å². The lowest BCUT2D eigenvalue weighted by molar-refractivity contribution is -0.121. The topological polar surface area (TPSA) is 86.4 Å². The number of benzene rings is 2. The summed E-state index contributed by atoms with van der Waals surface area (Å²) in [5, 5.41) is 10.00. The Bertz CT molecular complexity index is 1730. The van der Waals surface area contributed by atoms with Gasteiger partial charge in [0.1, 0.15) is 23.9 Å². The monoisotopic (exact) mass is 631 g/mol. The Kier molecular flexibility index (Phi) is 9.82. The highest BCUT2D eigenvalue weighted by Crippen LogP contribution is 2.40. The third-order valence-electron chi connectivity index (χ3n) is 8.29. The maximum absolute atomic E-state index is 15.4. The Balaban J connectivity index is 1.45. The summed E-state index contributed by atoms with van der Waals surface area (Å²) >= 11 is 0. The predicted octanol–water partition coefficient (Wildman–Crippen LogP) is 8.05. The lowest BCUT2D eigenvalue weighted by Crippen LogP contribution is -2.34. The number of hydrogen-bond acceptors (Lipinski definition) is 6. The normalized spacial score (nSPS) is 14.3. The van der Waals surface area contributed by atoms with Crippen molar-refractivity contribution < 1.29 is 27.8 Å². The largest absolute Gasteiger partial charge is 0.450 e. The summed E-state index contributed by atoms with van der Waals surface area (Å²) < 4.78 is 49.9. The van der Waals surface area contributed by atoms with E-state index < -0.39 is 25.5 Å². The van der Waals surface area contributed by atoms with Crippen LogP contribution in [-0.2, 0) is 27.4 Å². The van der Waals surface area contributed by atoms with E-state index in [4.69, 9.17) is 14.2 Å². The number of nitrogens with zero attached hydrogens (tertiary/aromatic N) is 3. The fraction of sp³-hybridized carbons (Fsp3) is 0.400. The van der Waals surface area contributed by atoms with E-state index in [2.05, 4.69) is 30.7 Å². The number of pyridine rings is 1. The fourth-order valence-corrected chi connectivity index (χ4v) is 6.17. The minimum Gasteiger partial charge on any atom is -0.450 e. The van der Waals surface area contributed by atoms with E-state index >= 15 is 8.78 Å². The van der Waals surface area contributed by atoms with Gasteiger partial charge in [-0.3, -0.25) is 4.79 Å². The van der Waals surface area contributed by atoms with Gasteiger partial charge in [-0.05, 0) is 59.8 Å². The first-order chi connectivity index (χ1) is 21.4. The number of halogens is 2. The van der Waals surface area contributed by atoms with Gasteiger partial charge in [0.05, 0.1) is 30.2 Å². The number of nitriles is 1. The number of fused-ring (bicyclic) bond motifs is 1. The number of carbonyl (C=O) groups is 1. The van der Waals surface area contributed by atoms with Crippen molar-refractivity contribution in [3.8, 4) is 28.7 Å². The molecule has 0 N–H and O–H groups in total. The van der Waals surface area contributed by atoms with Crippen LogP contribution in [0.15, 0.2) is 48.8 Å². The molecule has 3 heterocycles. The van der Waals surface area contributed by atoms with Crippen LogP contribution in [0.3, 0.4) is 0 Å².